The fourth-order valence-corrected chi connectivity index (χ4v) is 13.2. The number of halogens is 6. The van der Waals surface area contributed by atoms with Crippen LogP contribution in [0.2, 0.25) is 5.15 Å². The zero-order valence-electron chi connectivity index (χ0n) is 62.2. The number of carbonyl (C=O) groups excluding carboxylic acids is 5. The van der Waals surface area contributed by atoms with Crippen LogP contribution in [-0.2, 0) is 14.1 Å². The molecule has 108 heavy (non-hydrogen) atoms. The van der Waals surface area contributed by atoms with Crippen LogP contribution >= 0.6 is 97.9 Å². The molecule has 4 aromatic heterocycles. The predicted octanol–water partition coefficient (Wildman–Crippen LogP) is 17.0. The van der Waals surface area contributed by atoms with Crippen LogP contribution in [0.3, 0.4) is 0 Å². The summed E-state index contributed by atoms with van der Waals surface area (Å²) >= 11 is 21.7. The predicted molar refractivity (Wildman–Crippen MR) is 452 cm³/mol. The van der Waals surface area contributed by atoms with Crippen LogP contribution in [-0.4, -0.2) is 128 Å². The van der Waals surface area contributed by atoms with Gasteiger partial charge in [0.1, 0.15) is 5.15 Å². The molecule has 0 saturated carbocycles. The molecule has 2 aliphatic rings. The SMILES string of the molecule is COc1nc(-c2cccc(-c3cccc(Br)c3C)c2C)ccc1C=O.COc1nc(-c2cccc(B3OC(C)(C)C(C)(C)O3)c2C)ccc1C=O.COc1nc(-c2cccc(Br)c2C)ccc1C=O.COc1nc(Cl)ccc1C=O.Cc1c(Br)cccc1B(O)O.Cc1c(Br)cccc1I.NC[C@@H]1CCC(=O)N1. The Hall–Kier alpha value is -7.86. The molecule has 1 atom stereocenters. The molecule has 19 nitrogen and oxygen atoms in total. The number of ether oxygens (including phenoxy) is 4. The summed E-state index contributed by atoms with van der Waals surface area (Å²) in [7, 11) is 4.15. The van der Waals surface area contributed by atoms with E-state index in [0.717, 1.165) is 106 Å². The maximum absolute atomic E-state index is 11.1. The average molecular weight is 1850 g/mol. The van der Waals surface area contributed by atoms with Gasteiger partial charge in [0, 0.05) is 57.2 Å². The first kappa shape index (κ1) is 89.0. The van der Waals surface area contributed by atoms with E-state index in [9.17, 15) is 24.0 Å². The summed E-state index contributed by atoms with van der Waals surface area (Å²) in [6.07, 6.45) is 4.47. The van der Waals surface area contributed by atoms with Crippen molar-refractivity contribution in [1.82, 2.24) is 25.3 Å². The Balaban J connectivity index is 0.000000206. The van der Waals surface area contributed by atoms with Crippen molar-refractivity contribution in [2.75, 3.05) is 35.0 Å². The summed E-state index contributed by atoms with van der Waals surface area (Å²) in [6, 6.07) is 49.8. The molecule has 6 aromatic carbocycles. The van der Waals surface area contributed by atoms with Gasteiger partial charge in [-0.15, -0.1) is 0 Å². The highest BCUT2D eigenvalue weighted by Crippen LogP contribution is 2.39. The fourth-order valence-electron chi connectivity index (χ4n) is 10.7. The van der Waals surface area contributed by atoms with Crippen molar-refractivity contribution in [3.05, 3.63) is 240 Å². The Morgan fingerprint density at radius 3 is 1.24 bits per heavy atom. The topological polar surface area (TPSA) is 271 Å². The lowest BCUT2D eigenvalue weighted by Gasteiger charge is -2.32. The quantitative estimate of drug-likeness (QED) is 0.0321. The molecule has 2 saturated heterocycles. The maximum Gasteiger partial charge on any atom is 0.495 e. The van der Waals surface area contributed by atoms with Gasteiger partial charge < -0.3 is 49.4 Å². The van der Waals surface area contributed by atoms with Gasteiger partial charge >= 0.3 is 14.2 Å². The van der Waals surface area contributed by atoms with Crippen molar-refractivity contribution in [2.24, 2.45) is 5.73 Å². The van der Waals surface area contributed by atoms with Gasteiger partial charge in [0.05, 0.1) is 79.0 Å². The molecule has 0 spiro atoms. The number of hydrogen-bond acceptors (Lipinski definition) is 18. The van der Waals surface area contributed by atoms with E-state index in [1.54, 1.807) is 36.4 Å². The zero-order chi connectivity index (χ0) is 79.7. The molecule has 6 heterocycles. The minimum Gasteiger partial charge on any atom is -0.480 e. The number of nitrogens with one attached hydrogen (secondary N) is 1. The van der Waals surface area contributed by atoms with Gasteiger partial charge in [0.25, 0.3) is 0 Å². The van der Waals surface area contributed by atoms with E-state index in [4.69, 9.17) is 55.6 Å². The minimum absolute atomic E-state index is 0.139. The fraction of sp³-hybridized carbons (Fsp3) is 0.247. The van der Waals surface area contributed by atoms with Gasteiger partial charge in [-0.1, -0.05) is 154 Å². The number of rotatable bonds is 15. The van der Waals surface area contributed by atoms with Gasteiger partial charge in [-0.3, -0.25) is 24.0 Å². The van der Waals surface area contributed by atoms with Crippen LogP contribution in [0, 0.1) is 45.1 Å². The summed E-state index contributed by atoms with van der Waals surface area (Å²) in [6.45, 7) is 20.9. The van der Waals surface area contributed by atoms with E-state index in [1.807, 2.05) is 139 Å². The summed E-state index contributed by atoms with van der Waals surface area (Å²) in [4.78, 5) is 70.9. The molecular weight excluding hydrogens is 1770 g/mol. The second kappa shape index (κ2) is 42.4. The van der Waals surface area contributed by atoms with Gasteiger partial charge in [0.15, 0.2) is 25.1 Å². The second-order valence-corrected chi connectivity index (χ2v) is 30.2. The first-order valence-corrected chi connectivity index (χ1v) is 38.2. The summed E-state index contributed by atoms with van der Waals surface area (Å²) in [5.41, 5.74) is 22.0. The highest BCUT2D eigenvalue weighted by atomic mass is 127. The van der Waals surface area contributed by atoms with Gasteiger partial charge in [-0.05, 0) is 233 Å². The Kier molecular flexibility index (Phi) is 34.9. The zero-order valence-corrected chi connectivity index (χ0v) is 71.5. The third-order valence-electron chi connectivity index (χ3n) is 17.8. The molecule has 0 radical (unpaired) electrons. The standard InChI is InChI=1S/C21H18BrNO2.C20H24BNO4.C14H12BrNO2.C7H8BBrO2.C7H6BrI.C7H6ClNO2.C5H10N2O/c1-13-16(17-7-5-9-19(22)14(17)2)6-4-8-18(13)20-11-10-15(12-24)21(23-20)25-3;1-13-15(17-11-10-14(12-23)18(22-17)24-6)8-7-9-16(13)21-25-19(2,3)20(4,5)26-21;1-9-11(4-3-5-12(9)15)13-7-6-10(8-17)14(16-13)18-2;1-5-6(8(10)11)3-2-4-7(5)9;1-5-6(8)3-2-4-7(5)9;1-11-7-5(4-10)2-3-6(8)9-7;6-3-4-1-2-5(8)7-4/h4-12H,1-3H3;7-12H,1-6H3;3-8H,1-2H3;2-4,10-11H,1H3;2-4H,1H3;2-4H,1H3;4H,1-3,6H2,(H,7,8)/t;;;;;;4-/m......0/s1. The van der Waals surface area contributed by atoms with Gasteiger partial charge in [-0.25, -0.2) is 19.9 Å². The summed E-state index contributed by atoms with van der Waals surface area (Å²) < 4.78 is 38.3. The molecule has 5 N–H and O–H groups in total. The number of amides is 1. The van der Waals surface area contributed by atoms with Crippen molar-refractivity contribution in [1.29, 1.82) is 0 Å². The van der Waals surface area contributed by atoms with Crippen molar-refractivity contribution < 1.29 is 62.3 Å². The van der Waals surface area contributed by atoms with Gasteiger partial charge in [0.2, 0.25) is 29.4 Å². The Labute approximate surface area is 684 Å². The van der Waals surface area contributed by atoms with Crippen LogP contribution in [0.15, 0.2) is 176 Å². The summed E-state index contributed by atoms with van der Waals surface area (Å²) in [5, 5.41) is 20.8. The molecule has 27 heteroatoms. The number of nitrogens with two attached hydrogens (primary N) is 1. The first-order valence-electron chi connectivity index (χ1n) is 33.6. The minimum atomic E-state index is -1.38. The van der Waals surface area contributed by atoms with E-state index < -0.39 is 25.4 Å². The Morgan fingerprint density at radius 1 is 0.509 bits per heavy atom. The molecular formula is C81H84B2Br4ClIN6O13. The van der Waals surface area contributed by atoms with Crippen molar-refractivity contribution in [2.45, 2.75) is 99.3 Å². The smallest absolute Gasteiger partial charge is 0.480 e. The highest BCUT2D eigenvalue weighted by Gasteiger charge is 2.52. The molecule has 0 bridgehead atoms. The molecule has 0 aliphatic carbocycles. The monoisotopic (exact) mass is 1850 g/mol. The summed E-state index contributed by atoms with van der Waals surface area (Å²) in [5.74, 6) is 1.41. The van der Waals surface area contributed by atoms with Crippen LogP contribution in [0.1, 0.15) is 115 Å². The van der Waals surface area contributed by atoms with Gasteiger partial charge in [-0.2, -0.15) is 0 Å². The van der Waals surface area contributed by atoms with E-state index in [-0.39, 0.29) is 17.8 Å². The highest BCUT2D eigenvalue weighted by molar-refractivity contribution is 14.1. The van der Waals surface area contributed by atoms with Crippen LogP contribution in [0.5, 0.6) is 23.5 Å². The van der Waals surface area contributed by atoms with Crippen LogP contribution in [0.25, 0.3) is 44.9 Å². The number of aldehydes is 4. The number of benzene rings is 6. The number of carbonyl (C=O) groups is 5. The van der Waals surface area contributed by atoms with E-state index in [1.165, 1.54) is 59.2 Å². The molecule has 2 fully saturated rings. The number of pyridine rings is 4. The molecule has 0 unspecified atom stereocenters. The molecule has 12 rings (SSSR count). The van der Waals surface area contributed by atoms with E-state index in [2.05, 4.69) is 157 Å². The molecule has 2 aliphatic heterocycles. The van der Waals surface area contributed by atoms with E-state index >= 15 is 0 Å². The second-order valence-electron chi connectivity index (χ2n) is 25.2. The lowest BCUT2D eigenvalue weighted by molar-refractivity contribution is -0.119. The number of hydrogen-bond donors (Lipinski definition) is 4. The maximum atomic E-state index is 11.1. The van der Waals surface area contributed by atoms with E-state index in [0.29, 0.717) is 69.8 Å². The lowest BCUT2D eigenvalue weighted by atomic mass is 9.75. The number of aromatic nitrogens is 4. The Morgan fingerprint density at radius 2 is 0.861 bits per heavy atom. The lowest BCUT2D eigenvalue weighted by Crippen LogP contribution is -2.41. The van der Waals surface area contributed by atoms with Crippen LogP contribution < -0.4 is 40.9 Å². The third kappa shape index (κ3) is 23.6. The normalized spacial score (nSPS) is 13.3. The third-order valence-corrected chi connectivity index (χ3v) is 22.7. The largest absolute Gasteiger partial charge is 0.495 e. The molecule has 10 aromatic rings. The first-order chi connectivity index (χ1) is 51.4. The van der Waals surface area contributed by atoms with Crippen molar-refractivity contribution in [3.63, 3.8) is 0 Å². The van der Waals surface area contributed by atoms with Crippen molar-refractivity contribution in [3.8, 4) is 68.4 Å². The Bertz CT molecular complexity index is 4780. The van der Waals surface area contributed by atoms with Crippen molar-refractivity contribution >= 4 is 154 Å². The molecule has 1 amide bonds. The number of methoxy groups -OCH3 is 4. The molecule has 564 valence electrons. The average Bonchev–Trinajstić information content (AvgIpc) is 1.61. The van der Waals surface area contributed by atoms with Crippen LogP contribution in [0.4, 0.5) is 0 Å². The number of nitrogens with zero attached hydrogens (tertiary/aromatic N) is 4.